The van der Waals surface area contributed by atoms with Gasteiger partial charge in [0.2, 0.25) is 0 Å². The number of aryl methyl sites for hydroxylation is 2. The summed E-state index contributed by atoms with van der Waals surface area (Å²) < 4.78 is 9.58. The van der Waals surface area contributed by atoms with Gasteiger partial charge in [0.1, 0.15) is 12.4 Å². The summed E-state index contributed by atoms with van der Waals surface area (Å²) in [6.07, 6.45) is 0. The molecule has 90 valence electrons. The molecule has 1 heterocycles. The highest BCUT2D eigenvalue weighted by atomic mass is 79.9. The second-order valence-electron chi connectivity index (χ2n) is 3.72. The Labute approximate surface area is 117 Å². The molecule has 2 rings (SSSR count). The number of nitrogens with zero attached hydrogens (tertiary/aromatic N) is 2. The van der Waals surface area contributed by atoms with Crippen LogP contribution in [0.3, 0.4) is 0 Å². The minimum atomic E-state index is 0.494. The minimum Gasteiger partial charge on any atom is -0.487 e. The Hall–Kier alpha value is -0.810. The lowest BCUT2D eigenvalue weighted by molar-refractivity contribution is 0.294. The lowest BCUT2D eigenvalue weighted by atomic mass is 10.3. The molecule has 0 unspecified atom stereocenters. The number of hydrogen-bond donors (Lipinski definition) is 0. The van der Waals surface area contributed by atoms with Gasteiger partial charge in [-0.25, -0.2) is 0 Å². The molecule has 0 bridgehead atoms. The van der Waals surface area contributed by atoms with Crippen molar-refractivity contribution >= 4 is 31.9 Å². The lowest BCUT2D eigenvalue weighted by Gasteiger charge is -2.07. The first kappa shape index (κ1) is 12.6. The van der Waals surface area contributed by atoms with E-state index in [-0.39, 0.29) is 0 Å². The third kappa shape index (κ3) is 2.90. The van der Waals surface area contributed by atoms with E-state index in [0.29, 0.717) is 6.61 Å². The van der Waals surface area contributed by atoms with Crippen LogP contribution in [0.25, 0.3) is 0 Å². The molecule has 1 aromatic carbocycles. The highest BCUT2D eigenvalue weighted by Gasteiger charge is 2.10. The number of rotatable bonds is 3. The Morgan fingerprint density at radius 1 is 1.35 bits per heavy atom. The second kappa shape index (κ2) is 5.23. The van der Waals surface area contributed by atoms with E-state index in [1.165, 1.54) is 0 Å². The smallest absolute Gasteiger partial charge is 0.131 e. The summed E-state index contributed by atoms with van der Waals surface area (Å²) in [5, 5.41) is 4.32. The van der Waals surface area contributed by atoms with Gasteiger partial charge >= 0.3 is 0 Å². The molecule has 0 saturated heterocycles. The van der Waals surface area contributed by atoms with Crippen molar-refractivity contribution < 1.29 is 4.74 Å². The standard InChI is InChI=1S/C12H12Br2N2O/c1-8-12(14)11(16(2)15-8)7-17-10-5-3-4-9(13)6-10/h3-6H,7H2,1-2H3. The van der Waals surface area contributed by atoms with Crippen molar-refractivity contribution in [2.75, 3.05) is 0 Å². The molecule has 0 spiro atoms. The molecule has 17 heavy (non-hydrogen) atoms. The molecule has 0 atom stereocenters. The van der Waals surface area contributed by atoms with Crippen molar-refractivity contribution in [3.05, 3.63) is 44.6 Å². The van der Waals surface area contributed by atoms with Gasteiger partial charge in [0, 0.05) is 11.5 Å². The monoisotopic (exact) mass is 358 g/mol. The van der Waals surface area contributed by atoms with Crippen LogP contribution in [0.4, 0.5) is 0 Å². The van der Waals surface area contributed by atoms with Gasteiger partial charge in [0.05, 0.1) is 15.9 Å². The van der Waals surface area contributed by atoms with E-state index in [0.717, 1.165) is 26.1 Å². The zero-order chi connectivity index (χ0) is 12.4. The van der Waals surface area contributed by atoms with Crippen molar-refractivity contribution in [1.82, 2.24) is 9.78 Å². The summed E-state index contributed by atoms with van der Waals surface area (Å²) in [4.78, 5) is 0. The predicted molar refractivity (Wildman–Crippen MR) is 74.1 cm³/mol. The summed E-state index contributed by atoms with van der Waals surface area (Å²) >= 11 is 6.93. The van der Waals surface area contributed by atoms with E-state index in [4.69, 9.17) is 4.74 Å². The SMILES string of the molecule is Cc1nn(C)c(COc2cccc(Br)c2)c1Br. The van der Waals surface area contributed by atoms with Gasteiger partial charge in [0.15, 0.2) is 0 Å². The van der Waals surface area contributed by atoms with Crippen LogP contribution in [-0.2, 0) is 13.7 Å². The van der Waals surface area contributed by atoms with E-state index in [9.17, 15) is 0 Å². The first-order valence-corrected chi connectivity index (χ1v) is 6.73. The molecule has 1 aromatic heterocycles. The minimum absolute atomic E-state index is 0.494. The van der Waals surface area contributed by atoms with Crippen molar-refractivity contribution in [3.8, 4) is 5.75 Å². The number of benzene rings is 1. The maximum atomic E-state index is 5.73. The van der Waals surface area contributed by atoms with Crippen LogP contribution in [0, 0.1) is 6.92 Å². The average molecular weight is 360 g/mol. The fraction of sp³-hybridized carbons (Fsp3) is 0.250. The van der Waals surface area contributed by atoms with Crippen LogP contribution in [0.15, 0.2) is 33.2 Å². The first-order valence-electron chi connectivity index (χ1n) is 5.14. The molecule has 0 N–H and O–H groups in total. The Balaban J connectivity index is 2.12. The third-order valence-electron chi connectivity index (χ3n) is 2.43. The Morgan fingerprint density at radius 2 is 2.12 bits per heavy atom. The second-order valence-corrected chi connectivity index (χ2v) is 5.42. The van der Waals surface area contributed by atoms with Crippen molar-refractivity contribution in [2.24, 2.45) is 7.05 Å². The first-order chi connectivity index (χ1) is 8.08. The van der Waals surface area contributed by atoms with E-state index >= 15 is 0 Å². The Morgan fingerprint density at radius 3 is 2.71 bits per heavy atom. The summed E-state index contributed by atoms with van der Waals surface area (Å²) in [6.45, 7) is 2.46. The van der Waals surface area contributed by atoms with Gasteiger partial charge in [0.25, 0.3) is 0 Å². The van der Waals surface area contributed by atoms with Crippen LogP contribution in [0.5, 0.6) is 5.75 Å². The van der Waals surface area contributed by atoms with Gasteiger partial charge < -0.3 is 4.74 Å². The molecule has 3 nitrogen and oxygen atoms in total. The maximum absolute atomic E-state index is 5.73. The zero-order valence-electron chi connectivity index (χ0n) is 9.58. The number of ether oxygens (including phenoxy) is 1. The van der Waals surface area contributed by atoms with Gasteiger partial charge in [-0.3, -0.25) is 4.68 Å². The molecule has 0 amide bonds. The van der Waals surface area contributed by atoms with Gasteiger partial charge in [-0.1, -0.05) is 22.0 Å². The number of halogens is 2. The molecule has 0 fully saturated rings. The third-order valence-corrected chi connectivity index (χ3v) is 3.96. The van der Waals surface area contributed by atoms with Crippen molar-refractivity contribution in [2.45, 2.75) is 13.5 Å². The molecule has 2 aromatic rings. The highest BCUT2D eigenvalue weighted by Crippen LogP contribution is 2.23. The van der Waals surface area contributed by atoms with Crippen LogP contribution < -0.4 is 4.74 Å². The summed E-state index contributed by atoms with van der Waals surface area (Å²) in [6, 6.07) is 7.79. The molecular weight excluding hydrogens is 348 g/mol. The topological polar surface area (TPSA) is 27.1 Å². The van der Waals surface area contributed by atoms with E-state index in [2.05, 4.69) is 37.0 Å². The molecule has 0 aliphatic rings. The van der Waals surface area contributed by atoms with Crippen LogP contribution in [0.1, 0.15) is 11.4 Å². The van der Waals surface area contributed by atoms with Gasteiger partial charge in [-0.15, -0.1) is 0 Å². The normalized spacial score (nSPS) is 10.6. The fourth-order valence-electron chi connectivity index (χ4n) is 1.55. The van der Waals surface area contributed by atoms with Gasteiger partial charge in [-0.05, 0) is 41.1 Å². The van der Waals surface area contributed by atoms with E-state index < -0.39 is 0 Å². The lowest BCUT2D eigenvalue weighted by Crippen LogP contribution is -2.03. The van der Waals surface area contributed by atoms with Gasteiger partial charge in [-0.2, -0.15) is 5.10 Å². The van der Waals surface area contributed by atoms with Crippen molar-refractivity contribution in [1.29, 1.82) is 0 Å². The molecule has 5 heteroatoms. The van der Waals surface area contributed by atoms with Crippen molar-refractivity contribution in [3.63, 3.8) is 0 Å². The molecule has 0 aliphatic heterocycles. The zero-order valence-corrected chi connectivity index (χ0v) is 12.7. The molecule has 0 radical (unpaired) electrons. The quantitative estimate of drug-likeness (QED) is 0.832. The van der Waals surface area contributed by atoms with E-state index in [1.807, 2.05) is 42.9 Å². The van der Waals surface area contributed by atoms with E-state index in [1.54, 1.807) is 0 Å². The predicted octanol–water partition coefficient (Wildman–Crippen LogP) is 3.83. The maximum Gasteiger partial charge on any atom is 0.131 e. The molecular formula is C12H12Br2N2O. The van der Waals surface area contributed by atoms with Crippen LogP contribution >= 0.6 is 31.9 Å². The Kier molecular flexibility index (Phi) is 3.89. The van der Waals surface area contributed by atoms with Crippen LogP contribution in [0.2, 0.25) is 0 Å². The fourth-order valence-corrected chi connectivity index (χ4v) is 2.37. The number of aromatic nitrogens is 2. The average Bonchev–Trinajstić information content (AvgIpc) is 2.51. The summed E-state index contributed by atoms with van der Waals surface area (Å²) in [7, 11) is 1.91. The van der Waals surface area contributed by atoms with Crippen LogP contribution in [-0.4, -0.2) is 9.78 Å². The summed E-state index contributed by atoms with van der Waals surface area (Å²) in [5.74, 6) is 0.838. The number of hydrogen-bond acceptors (Lipinski definition) is 2. The molecule has 0 aliphatic carbocycles. The Bertz CT molecular complexity index is 537. The molecule has 0 saturated carbocycles. The largest absolute Gasteiger partial charge is 0.487 e. The highest BCUT2D eigenvalue weighted by molar-refractivity contribution is 9.10. The summed E-state index contributed by atoms with van der Waals surface area (Å²) in [5.41, 5.74) is 2.00.